The lowest BCUT2D eigenvalue weighted by Crippen LogP contribution is -2.25. The van der Waals surface area contributed by atoms with Gasteiger partial charge < -0.3 is 9.84 Å². The Bertz CT molecular complexity index is 933. The van der Waals surface area contributed by atoms with Gasteiger partial charge in [0.1, 0.15) is 6.33 Å². The molecule has 0 radical (unpaired) electrons. The molecule has 0 bridgehead atoms. The van der Waals surface area contributed by atoms with Crippen molar-refractivity contribution < 1.29 is 9.32 Å². The molecular weight excluding hydrogens is 388 g/mol. The van der Waals surface area contributed by atoms with E-state index in [1.165, 1.54) is 11.8 Å². The van der Waals surface area contributed by atoms with Crippen molar-refractivity contribution in [1.29, 1.82) is 0 Å². The molecule has 0 saturated heterocycles. The number of nitrogens with one attached hydrogen (secondary N) is 1. The van der Waals surface area contributed by atoms with Crippen molar-refractivity contribution in [1.82, 2.24) is 30.2 Å². The molecule has 0 atom stereocenters. The Kier molecular flexibility index (Phi) is 5.81. The Hall–Kier alpha value is -2.39. The summed E-state index contributed by atoms with van der Waals surface area (Å²) in [5, 5.41) is 15.8. The SMILES string of the molecule is CC(C)(C)c1nc(CNC(=O)CSc2nncn2-c2cccc(Cl)c2)no1. The van der Waals surface area contributed by atoms with Crippen LogP contribution < -0.4 is 5.32 Å². The van der Waals surface area contributed by atoms with Crippen molar-refractivity contribution in [2.75, 3.05) is 5.75 Å². The molecule has 0 fully saturated rings. The maximum absolute atomic E-state index is 12.1. The average molecular weight is 407 g/mol. The molecule has 2 heterocycles. The normalized spacial score (nSPS) is 11.6. The molecule has 0 unspecified atom stereocenters. The van der Waals surface area contributed by atoms with E-state index in [2.05, 4.69) is 25.7 Å². The smallest absolute Gasteiger partial charge is 0.232 e. The van der Waals surface area contributed by atoms with Crippen LogP contribution in [0.1, 0.15) is 32.5 Å². The lowest BCUT2D eigenvalue weighted by atomic mass is 9.97. The molecule has 0 aliphatic rings. The molecule has 0 aliphatic heterocycles. The number of aromatic nitrogens is 5. The molecule has 8 nitrogen and oxygen atoms in total. The Morgan fingerprint density at radius 2 is 2.19 bits per heavy atom. The molecule has 0 saturated carbocycles. The third kappa shape index (κ3) is 5.08. The Labute approximate surface area is 165 Å². The van der Waals surface area contributed by atoms with E-state index in [4.69, 9.17) is 16.1 Å². The first-order valence-corrected chi connectivity index (χ1v) is 9.58. The first kappa shape index (κ1) is 19.4. The van der Waals surface area contributed by atoms with Crippen molar-refractivity contribution in [2.24, 2.45) is 0 Å². The average Bonchev–Trinajstić information content (AvgIpc) is 3.27. The molecule has 0 spiro atoms. The van der Waals surface area contributed by atoms with Gasteiger partial charge in [0.2, 0.25) is 11.8 Å². The summed E-state index contributed by atoms with van der Waals surface area (Å²) in [6.07, 6.45) is 1.58. The highest BCUT2D eigenvalue weighted by molar-refractivity contribution is 7.99. The van der Waals surface area contributed by atoms with Gasteiger partial charge >= 0.3 is 0 Å². The van der Waals surface area contributed by atoms with E-state index in [-0.39, 0.29) is 23.6 Å². The van der Waals surface area contributed by atoms with Crippen molar-refractivity contribution in [2.45, 2.75) is 37.9 Å². The number of amides is 1. The lowest BCUT2D eigenvalue weighted by molar-refractivity contribution is -0.118. The van der Waals surface area contributed by atoms with E-state index in [0.717, 1.165) is 5.69 Å². The van der Waals surface area contributed by atoms with Crippen LogP contribution in [0.15, 0.2) is 40.3 Å². The number of nitrogens with zero attached hydrogens (tertiary/aromatic N) is 5. The number of rotatable bonds is 6. The summed E-state index contributed by atoms with van der Waals surface area (Å²) in [5.74, 6) is 1.00. The first-order chi connectivity index (χ1) is 12.8. The maximum atomic E-state index is 12.1. The first-order valence-electron chi connectivity index (χ1n) is 8.21. The van der Waals surface area contributed by atoms with E-state index in [1.807, 2.05) is 32.9 Å². The molecule has 1 N–H and O–H groups in total. The Morgan fingerprint density at radius 3 is 2.89 bits per heavy atom. The highest BCUT2D eigenvalue weighted by Gasteiger charge is 2.21. The molecule has 10 heteroatoms. The monoisotopic (exact) mass is 406 g/mol. The van der Waals surface area contributed by atoms with Gasteiger partial charge in [-0.3, -0.25) is 9.36 Å². The standard InChI is InChI=1S/C17H19ClN6O2S/c1-17(2,3)15-21-13(23-26-15)8-19-14(25)9-27-16-22-20-10-24(16)12-6-4-5-11(18)7-12/h4-7,10H,8-9H2,1-3H3,(H,19,25). The highest BCUT2D eigenvalue weighted by Crippen LogP contribution is 2.22. The predicted molar refractivity (Wildman–Crippen MR) is 102 cm³/mol. The van der Waals surface area contributed by atoms with Crippen LogP contribution in [-0.4, -0.2) is 36.6 Å². The summed E-state index contributed by atoms with van der Waals surface area (Å²) in [5.41, 5.74) is 0.604. The zero-order valence-electron chi connectivity index (χ0n) is 15.1. The molecule has 142 valence electrons. The second-order valence-electron chi connectivity index (χ2n) is 6.79. The molecule has 2 aromatic heterocycles. The van der Waals surface area contributed by atoms with Gasteiger partial charge in [0.25, 0.3) is 0 Å². The van der Waals surface area contributed by atoms with E-state index >= 15 is 0 Å². The Balaban J connectivity index is 1.54. The van der Waals surface area contributed by atoms with Crippen molar-refractivity contribution >= 4 is 29.3 Å². The number of thioether (sulfide) groups is 1. The van der Waals surface area contributed by atoms with Crippen LogP contribution in [0.3, 0.4) is 0 Å². The predicted octanol–water partition coefficient (Wildman–Crippen LogP) is 3.01. The zero-order valence-corrected chi connectivity index (χ0v) is 16.7. The van der Waals surface area contributed by atoms with Crippen molar-refractivity contribution in [3.8, 4) is 5.69 Å². The van der Waals surface area contributed by atoms with E-state index in [1.54, 1.807) is 23.0 Å². The van der Waals surface area contributed by atoms with Crippen LogP contribution in [0.2, 0.25) is 5.02 Å². The van der Waals surface area contributed by atoms with Gasteiger partial charge in [-0.05, 0) is 18.2 Å². The van der Waals surface area contributed by atoms with E-state index < -0.39 is 0 Å². The summed E-state index contributed by atoms with van der Waals surface area (Å²) in [6.45, 7) is 6.15. The third-order valence-electron chi connectivity index (χ3n) is 3.49. The summed E-state index contributed by atoms with van der Waals surface area (Å²) < 4.78 is 6.98. The number of halogens is 1. The van der Waals surface area contributed by atoms with Gasteiger partial charge in [-0.1, -0.05) is 55.4 Å². The maximum Gasteiger partial charge on any atom is 0.232 e. The lowest BCUT2D eigenvalue weighted by Gasteiger charge is -2.10. The van der Waals surface area contributed by atoms with Crippen LogP contribution in [0, 0.1) is 0 Å². The largest absolute Gasteiger partial charge is 0.348 e. The van der Waals surface area contributed by atoms with E-state index in [0.29, 0.717) is 21.9 Å². The minimum atomic E-state index is -0.227. The second-order valence-corrected chi connectivity index (χ2v) is 8.17. The Morgan fingerprint density at radius 1 is 1.37 bits per heavy atom. The fourth-order valence-electron chi connectivity index (χ4n) is 2.12. The van der Waals surface area contributed by atoms with Crippen molar-refractivity contribution in [3.05, 3.63) is 47.3 Å². The molecule has 3 rings (SSSR count). The minimum Gasteiger partial charge on any atom is -0.348 e. The van der Waals surface area contributed by atoms with Crippen LogP contribution in [-0.2, 0) is 16.8 Å². The molecule has 27 heavy (non-hydrogen) atoms. The molecule has 1 aromatic carbocycles. The fraction of sp³-hybridized carbons (Fsp3) is 0.353. The quantitative estimate of drug-likeness (QED) is 0.628. The molecule has 1 amide bonds. The molecule has 0 aliphatic carbocycles. The summed E-state index contributed by atoms with van der Waals surface area (Å²) in [4.78, 5) is 16.4. The van der Waals surface area contributed by atoms with Crippen molar-refractivity contribution in [3.63, 3.8) is 0 Å². The van der Waals surface area contributed by atoms with Crippen LogP contribution in [0.25, 0.3) is 5.69 Å². The van der Waals surface area contributed by atoms with Crippen LogP contribution in [0.5, 0.6) is 0 Å². The second kappa shape index (κ2) is 8.10. The van der Waals surface area contributed by atoms with Crippen LogP contribution >= 0.6 is 23.4 Å². The van der Waals surface area contributed by atoms with Gasteiger partial charge in [0, 0.05) is 10.4 Å². The summed E-state index contributed by atoms with van der Waals surface area (Å²) >= 11 is 7.30. The molecular formula is C17H19ClN6O2S. The summed E-state index contributed by atoms with van der Waals surface area (Å²) in [7, 11) is 0. The number of carbonyl (C=O) groups is 1. The number of hydrogen-bond acceptors (Lipinski definition) is 7. The summed E-state index contributed by atoms with van der Waals surface area (Å²) in [6, 6.07) is 7.33. The van der Waals surface area contributed by atoms with Gasteiger partial charge in [-0.2, -0.15) is 4.98 Å². The van der Waals surface area contributed by atoms with Gasteiger partial charge in [-0.25, -0.2) is 0 Å². The van der Waals surface area contributed by atoms with Gasteiger partial charge in [0.05, 0.1) is 18.0 Å². The van der Waals surface area contributed by atoms with E-state index in [9.17, 15) is 4.79 Å². The number of carbonyl (C=O) groups excluding carboxylic acids is 1. The topological polar surface area (TPSA) is 98.7 Å². The number of benzene rings is 1. The number of hydrogen-bond donors (Lipinski definition) is 1. The van der Waals surface area contributed by atoms with Gasteiger partial charge in [0.15, 0.2) is 11.0 Å². The fourth-order valence-corrected chi connectivity index (χ4v) is 3.06. The zero-order chi connectivity index (χ0) is 19.4. The molecule has 3 aromatic rings. The highest BCUT2D eigenvalue weighted by atomic mass is 35.5. The minimum absolute atomic E-state index is 0.164. The third-order valence-corrected chi connectivity index (χ3v) is 4.67. The van der Waals surface area contributed by atoms with Crippen LogP contribution in [0.4, 0.5) is 0 Å². The van der Waals surface area contributed by atoms with Gasteiger partial charge in [-0.15, -0.1) is 10.2 Å².